The molecule has 28 heavy (non-hydrogen) atoms. The number of carbonyl (C=O) groups excluding carboxylic acids is 1. The van der Waals surface area contributed by atoms with Gasteiger partial charge in [-0.15, -0.1) is 0 Å². The van der Waals surface area contributed by atoms with E-state index in [2.05, 4.69) is 44.4 Å². The number of aliphatic hydroxyl groups is 1. The molecule has 4 rings (SSSR count). The molecule has 6 nitrogen and oxygen atoms in total. The fourth-order valence-corrected chi connectivity index (χ4v) is 5.03. The van der Waals surface area contributed by atoms with Crippen molar-refractivity contribution >= 4 is 22.4 Å². The summed E-state index contributed by atoms with van der Waals surface area (Å²) in [5.74, 6) is -0.0231. The van der Waals surface area contributed by atoms with Gasteiger partial charge in [-0.05, 0) is 31.2 Å². The van der Waals surface area contributed by atoms with Gasteiger partial charge in [-0.3, -0.25) is 9.69 Å². The Balaban J connectivity index is 1.27. The smallest absolute Gasteiger partial charge is 0.263 e. The summed E-state index contributed by atoms with van der Waals surface area (Å²) in [7, 11) is 0. The normalized spacial score (nSPS) is 21.2. The van der Waals surface area contributed by atoms with Crippen LogP contribution >= 0.6 is 11.3 Å². The van der Waals surface area contributed by atoms with E-state index >= 15 is 0 Å². The van der Waals surface area contributed by atoms with Crippen LogP contribution in [0.15, 0.2) is 36.5 Å². The number of carbonyl (C=O) groups is 1. The van der Waals surface area contributed by atoms with Crippen molar-refractivity contribution in [1.29, 1.82) is 0 Å². The molecule has 0 saturated carbocycles. The van der Waals surface area contributed by atoms with E-state index < -0.39 is 0 Å². The monoisotopic (exact) mass is 400 g/mol. The first-order valence-corrected chi connectivity index (χ1v) is 10.9. The van der Waals surface area contributed by atoms with Crippen LogP contribution in [0.25, 0.3) is 0 Å². The molecule has 0 aliphatic carbocycles. The zero-order chi connectivity index (χ0) is 19.3. The first kappa shape index (κ1) is 19.4. The third kappa shape index (κ3) is 4.54. The van der Waals surface area contributed by atoms with Gasteiger partial charge in [-0.1, -0.05) is 41.7 Å². The first-order chi connectivity index (χ1) is 13.7. The molecule has 1 aromatic carbocycles. The minimum Gasteiger partial charge on any atom is -0.394 e. The predicted octanol–water partition coefficient (Wildman–Crippen LogP) is 2.50. The number of piperidine rings is 1. The van der Waals surface area contributed by atoms with Crippen molar-refractivity contribution in [3.05, 3.63) is 47.0 Å². The fourth-order valence-electron chi connectivity index (χ4n) is 4.11. The Labute approximate surface area is 170 Å². The molecule has 2 aromatic rings. The highest BCUT2D eigenvalue weighted by molar-refractivity contribution is 7.17. The highest BCUT2D eigenvalue weighted by atomic mass is 32.1. The second-order valence-corrected chi connectivity index (χ2v) is 8.70. The van der Waals surface area contributed by atoms with Gasteiger partial charge in [0.05, 0.1) is 18.8 Å². The number of rotatable bonds is 6. The molecule has 2 aliphatic rings. The van der Waals surface area contributed by atoms with Gasteiger partial charge in [0.2, 0.25) is 0 Å². The molecule has 2 N–H and O–H groups in total. The molecule has 3 heterocycles. The molecule has 1 unspecified atom stereocenters. The third-order valence-corrected chi connectivity index (χ3v) is 6.76. The summed E-state index contributed by atoms with van der Waals surface area (Å²) in [6.45, 7) is 4.02. The highest BCUT2D eigenvalue weighted by Crippen LogP contribution is 2.29. The van der Waals surface area contributed by atoms with Gasteiger partial charge in [0.1, 0.15) is 4.88 Å². The van der Waals surface area contributed by atoms with E-state index in [-0.39, 0.29) is 24.6 Å². The standard InChI is InChI=1S/C21H28N4O2S/c26-15-18-7-4-10-25(18)21-22-13-19(28-21)20(27)23-17-8-11-24(12-9-17)14-16-5-2-1-3-6-16/h1-3,5-6,13,17-18,26H,4,7-12,14-15H2,(H,23,27). The summed E-state index contributed by atoms with van der Waals surface area (Å²) < 4.78 is 0. The van der Waals surface area contributed by atoms with Crippen LogP contribution in [-0.4, -0.2) is 59.2 Å². The first-order valence-electron chi connectivity index (χ1n) is 10.1. The number of thiazole rings is 1. The molecule has 1 aromatic heterocycles. The maximum absolute atomic E-state index is 12.6. The summed E-state index contributed by atoms with van der Waals surface area (Å²) >= 11 is 1.43. The average molecular weight is 401 g/mol. The van der Waals surface area contributed by atoms with Crippen LogP contribution in [0.4, 0.5) is 5.13 Å². The Morgan fingerprint density at radius 1 is 1.18 bits per heavy atom. The number of aromatic nitrogens is 1. The summed E-state index contributed by atoms with van der Waals surface area (Å²) in [6.07, 6.45) is 5.67. The Hall–Kier alpha value is -1.96. The number of aliphatic hydroxyl groups excluding tert-OH is 1. The molecular formula is C21H28N4O2S. The van der Waals surface area contributed by atoms with Gasteiger partial charge in [0, 0.05) is 32.2 Å². The van der Waals surface area contributed by atoms with E-state index in [1.807, 2.05) is 6.07 Å². The molecule has 0 spiro atoms. The molecule has 2 fully saturated rings. The maximum atomic E-state index is 12.6. The van der Waals surface area contributed by atoms with Crippen LogP contribution in [0.1, 0.15) is 40.9 Å². The molecule has 2 aliphatic heterocycles. The second-order valence-electron chi connectivity index (χ2n) is 7.69. The lowest BCUT2D eigenvalue weighted by molar-refractivity contribution is 0.0913. The van der Waals surface area contributed by atoms with E-state index in [0.29, 0.717) is 4.88 Å². The number of benzene rings is 1. The highest BCUT2D eigenvalue weighted by Gasteiger charge is 2.27. The van der Waals surface area contributed by atoms with E-state index in [1.54, 1.807) is 6.20 Å². The lowest BCUT2D eigenvalue weighted by atomic mass is 10.0. The SMILES string of the molecule is O=C(NC1CCN(Cc2ccccc2)CC1)c1cnc(N2CCCC2CO)s1. The van der Waals surface area contributed by atoms with E-state index in [9.17, 15) is 9.90 Å². The quantitative estimate of drug-likeness (QED) is 0.780. The number of hydrogen-bond donors (Lipinski definition) is 2. The van der Waals surface area contributed by atoms with E-state index in [0.717, 1.165) is 57.0 Å². The van der Waals surface area contributed by atoms with E-state index in [1.165, 1.54) is 16.9 Å². The van der Waals surface area contributed by atoms with Crippen molar-refractivity contribution in [2.75, 3.05) is 31.1 Å². The number of amides is 1. The van der Waals surface area contributed by atoms with E-state index in [4.69, 9.17) is 0 Å². The van der Waals surface area contributed by atoms with Crippen molar-refractivity contribution in [2.45, 2.75) is 44.3 Å². The average Bonchev–Trinajstić information content (AvgIpc) is 3.39. The molecule has 150 valence electrons. The summed E-state index contributed by atoms with van der Waals surface area (Å²) in [5.41, 5.74) is 1.34. The summed E-state index contributed by atoms with van der Waals surface area (Å²) in [4.78, 5) is 22.3. The second kappa shape index (κ2) is 9.03. The predicted molar refractivity (Wildman–Crippen MR) is 112 cm³/mol. The fraction of sp³-hybridized carbons (Fsp3) is 0.524. The minimum atomic E-state index is -0.0231. The summed E-state index contributed by atoms with van der Waals surface area (Å²) in [6, 6.07) is 10.9. The number of anilines is 1. The lowest BCUT2D eigenvalue weighted by Crippen LogP contribution is -2.44. The molecule has 0 bridgehead atoms. The van der Waals surface area contributed by atoms with Gasteiger partial charge in [0.15, 0.2) is 5.13 Å². The summed E-state index contributed by atoms with van der Waals surface area (Å²) in [5, 5.41) is 13.5. The van der Waals surface area contributed by atoms with Crippen molar-refractivity contribution in [1.82, 2.24) is 15.2 Å². The van der Waals surface area contributed by atoms with Crippen LogP contribution in [-0.2, 0) is 6.54 Å². The zero-order valence-corrected chi connectivity index (χ0v) is 16.9. The molecule has 2 saturated heterocycles. The number of hydrogen-bond acceptors (Lipinski definition) is 6. The Kier molecular flexibility index (Phi) is 6.24. The van der Waals surface area contributed by atoms with Gasteiger partial charge in [-0.2, -0.15) is 0 Å². The molecule has 7 heteroatoms. The molecule has 0 radical (unpaired) electrons. The van der Waals surface area contributed by atoms with Crippen LogP contribution in [0.2, 0.25) is 0 Å². The van der Waals surface area contributed by atoms with Crippen LogP contribution < -0.4 is 10.2 Å². The number of nitrogens with zero attached hydrogens (tertiary/aromatic N) is 3. The van der Waals surface area contributed by atoms with Crippen molar-refractivity contribution in [3.8, 4) is 0 Å². The van der Waals surface area contributed by atoms with Gasteiger partial charge in [0.25, 0.3) is 5.91 Å². The Morgan fingerprint density at radius 3 is 2.71 bits per heavy atom. The Morgan fingerprint density at radius 2 is 1.96 bits per heavy atom. The molecule has 1 atom stereocenters. The maximum Gasteiger partial charge on any atom is 0.263 e. The van der Waals surface area contributed by atoms with Crippen molar-refractivity contribution < 1.29 is 9.90 Å². The van der Waals surface area contributed by atoms with Gasteiger partial charge in [-0.25, -0.2) is 4.98 Å². The number of likely N-dealkylation sites (tertiary alicyclic amines) is 1. The van der Waals surface area contributed by atoms with Crippen molar-refractivity contribution in [2.24, 2.45) is 0 Å². The van der Waals surface area contributed by atoms with Gasteiger partial charge >= 0.3 is 0 Å². The topological polar surface area (TPSA) is 68.7 Å². The van der Waals surface area contributed by atoms with Crippen molar-refractivity contribution in [3.63, 3.8) is 0 Å². The zero-order valence-electron chi connectivity index (χ0n) is 16.1. The minimum absolute atomic E-state index is 0.0231. The third-order valence-electron chi connectivity index (χ3n) is 5.72. The van der Waals surface area contributed by atoms with Gasteiger partial charge < -0.3 is 15.3 Å². The largest absolute Gasteiger partial charge is 0.394 e. The molecule has 1 amide bonds. The lowest BCUT2D eigenvalue weighted by Gasteiger charge is -2.32. The van der Waals surface area contributed by atoms with Crippen LogP contribution in [0, 0.1) is 0 Å². The van der Waals surface area contributed by atoms with Crippen LogP contribution in [0.5, 0.6) is 0 Å². The molecular weight excluding hydrogens is 372 g/mol. The Bertz CT molecular complexity index is 774. The number of nitrogens with one attached hydrogen (secondary N) is 1. The van der Waals surface area contributed by atoms with Crippen LogP contribution in [0.3, 0.4) is 0 Å².